The largest absolute Gasteiger partial charge is 0.491 e. The first-order valence-electron chi connectivity index (χ1n) is 19.4. The number of benzene rings is 5. The number of β-amino-alcohol motifs (C(OH)–C–C–N with tert-alkyl or cyclic N) is 1. The first-order valence-corrected chi connectivity index (χ1v) is 23.1. The van der Waals surface area contributed by atoms with E-state index in [0.29, 0.717) is 31.2 Å². The van der Waals surface area contributed by atoms with Crippen molar-refractivity contribution in [1.29, 1.82) is 0 Å². The summed E-state index contributed by atoms with van der Waals surface area (Å²) < 4.78 is 41.5. The van der Waals surface area contributed by atoms with Crippen LogP contribution in [0.25, 0.3) is 0 Å². The van der Waals surface area contributed by atoms with E-state index in [2.05, 4.69) is 104 Å². The van der Waals surface area contributed by atoms with Gasteiger partial charge in [0.2, 0.25) is 0 Å². The molecule has 2 amide bonds. The summed E-state index contributed by atoms with van der Waals surface area (Å²) in [5.74, 6) is -1.53. The lowest BCUT2D eigenvalue weighted by atomic mass is 10.1. The van der Waals surface area contributed by atoms with E-state index in [1.807, 2.05) is 68.4 Å². The third-order valence-corrected chi connectivity index (χ3v) is 11.7. The molecule has 0 aliphatic carbocycles. The van der Waals surface area contributed by atoms with Crippen LogP contribution in [0.15, 0.2) is 99.9 Å². The highest BCUT2D eigenvalue weighted by atomic mass is 127. The van der Waals surface area contributed by atoms with Crippen LogP contribution < -0.4 is 26.3 Å². The molecule has 13 nitrogen and oxygen atoms in total. The molecule has 5 aromatic rings. The predicted octanol–water partition coefficient (Wildman–Crippen LogP) is 8.95. The zero-order valence-electron chi connectivity index (χ0n) is 34.0. The lowest BCUT2D eigenvalue weighted by Gasteiger charge is -2.28. The number of para-hydroxylation sites is 1. The fourth-order valence-electron chi connectivity index (χ4n) is 5.91. The minimum atomic E-state index is -0.956. The van der Waals surface area contributed by atoms with Gasteiger partial charge in [0.1, 0.15) is 43.3 Å². The number of aryl methyl sites for hydroxylation is 2. The van der Waals surface area contributed by atoms with Crippen LogP contribution in [0.1, 0.15) is 31.8 Å². The van der Waals surface area contributed by atoms with E-state index in [1.54, 1.807) is 12.1 Å². The first kappa shape index (κ1) is 50.5. The fraction of sp³-hybridized carbons (Fsp3) is 0.273. The van der Waals surface area contributed by atoms with E-state index in [4.69, 9.17) is 19.1 Å². The van der Waals surface area contributed by atoms with Crippen molar-refractivity contribution in [2.75, 3.05) is 63.3 Å². The van der Waals surface area contributed by atoms with Crippen LogP contribution in [-0.4, -0.2) is 91.8 Å². The smallest absolute Gasteiger partial charge is 0.276 e. The Hall–Kier alpha value is -3.52. The number of ether oxygens (including phenoxy) is 2. The van der Waals surface area contributed by atoms with Gasteiger partial charge in [0.15, 0.2) is 0 Å². The minimum absolute atomic E-state index is 0.000862. The van der Waals surface area contributed by atoms with Crippen molar-refractivity contribution in [3.8, 4) is 5.75 Å². The van der Waals surface area contributed by atoms with Crippen molar-refractivity contribution in [3.63, 3.8) is 0 Å². The summed E-state index contributed by atoms with van der Waals surface area (Å²) in [6.45, 7) is 6.81. The van der Waals surface area contributed by atoms with E-state index >= 15 is 0 Å². The monoisotopic (exact) mass is 1220 g/mol. The van der Waals surface area contributed by atoms with Crippen molar-refractivity contribution in [2.24, 2.45) is 0 Å². The molecule has 1 heterocycles. The van der Waals surface area contributed by atoms with Crippen LogP contribution in [0, 0.1) is 32.6 Å². The van der Waals surface area contributed by atoms with E-state index in [9.17, 15) is 28.6 Å². The summed E-state index contributed by atoms with van der Waals surface area (Å²) >= 11 is 10.7. The van der Waals surface area contributed by atoms with E-state index in [0.717, 1.165) is 42.7 Å². The van der Waals surface area contributed by atoms with Gasteiger partial charge < -0.3 is 30.3 Å². The number of hydrogen-bond acceptors (Lipinski definition) is 11. The molecular formula is C44H45Br2F2I2N5O8. The average Bonchev–Trinajstić information content (AvgIpc) is 3.25. The molecule has 6 N–H and O–H groups in total. The number of hydrogen-bond donors (Lipinski definition) is 6. The van der Waals surface area contributed by atoms with Crippen LogP contribution in [0.5, 0.6) is 5.75 Å². The maximum atomic E-state index is 14.2. The molecule has 1 saturated heterocycles. The summed E-state index contributed by atoms with van der Waals surface area (Å²) in [7, 11) is 0. The summed E-state index contributed by atoms with van der Waals surface area (Å²) in [6.07, 6.45) is -1.71. The standard InChI is InChI=1S/C23H21BrFIN2O4.C21H24BrFIN3O4/c1-14-9-15(26)7-8-21(14)27-22-11-20(25)19(24)10-18(22)23(30)28-32-13-16(29)12-31-17-5-3-2-4-6-17;1-13-8-14(24)2-3-19(13)25-20-10-18(23)17(22)9-16(20)21(29)26-31-12-15(28)11-27-4-6-30-7-5-27/h2-11,16,27,29H,12-13H2,1H3,(H,28,30);2-3,8-10,15,25,28H,4-7,11-12H2,1H3,(H,26,29). The highest BCUT2D eigenvalue weighted by Crippen LogP contribution is 2.31. The zero-order chi connectivity index (χ0) is 45.5. The summed E-state index contributed by atoms with van der Waals surface area (Å²) in [4.78, 5) is 37.8. The Labute approximate surface area is 408 Å². The van der Waals surface area contributed by atoms with Crippen LogP contribution in [0.2, 0.25) is 0 Å². The van der Waals surface area contributed by atoms with E-state index < -0.39 is 35.7 Å². The summed E-state index contributed by atoms with van der Waals surface area (Å²) in [5, 5.41) is 26.4. The lowest BCUT2D eigenvalue weighted by molar-refractivity contribution is -0.0362. The van der Waals surface area contributed by atoms with Gasteiger partial charge in [-0.15, -0.1) is 0 Å². The number of morpholine rings is 1. The molecule has 63 heavy (non-hydrogen) atoms. The average molecular weight is 1220 g/mol. The predicted molar refractivity (Wildman–Crippen MR) is 261 cm³/mol. The topological polar surface area (TPSA) is 163 Å². The quantitative estimate of drug-likeness (QED) is 0.0390. The maximum Gasteiger partial charge on any atom is 0.276 e. The second-order valence-corrected chi connectivity index (χ2v) is 18.3. The molecule has 0 radical (unpaired) electrons. The molecular weight excluding hydrogens is 1180 g/mol. The normalized spacial score (nSPS) is 13.6. The molecule has 2 atom stereocenters. The van der Waals surface area contributed by atoms with Gasteiger partial charge in [0.25, 0.3) is 11.8 Å². The van der Waals surface area contributed by atoms with Gasteiger partial charge >= 0.3 is 0 Å². The van der Waals surface area contributed by atoms with Crippen molar-refractivity contribution >= 4 is 112 Å². The Kier molecular flexibility index (Phi) is 20.2. The number of aliphatic hydroxyl groups excluding tert-OH is 2. The Morgan fingerprint density at radius 3 is 1.65 bits per heavy atom. The molecule has 0 spiro atoms. The van der Waals surface area contributed by atoms with E-state index in [-0.39, 0.29) is 45.6 Å². The third kappa shape index (κ3) is 16.1. The number of anilines is 4. The summed E-state index contributed by atoms with van der Waals surface area (Å²) in [5.41, 5.74) is 9.00. The van der Waals surface area contributed by atoms with Gasteiger partial charge in [-0.05, 0) is 175 Å². The lowest BCUT2D eigenvalue weighted by Crippen LogP contribution is -2.42. The molecule has 1 aliphatic heterocycles. The van der Waals surface area contributed by atoms with Gasteiger partial charge in [-0.3, -0.25) is 24.2 Å². The highest BCUT2D eigenvalue weighted by Gasteiger charge is 2.20. The number of rotatable bonds is 17. The Balaban J connectivity index is 0.000000238. The van der Waals surface area contributed by atoms with Crippen molar-refractivity contribution in [1.82, 2.24) is 15.9 Å². The fourth-order valence-corrected chi connectivity index (χ4v) is 7.89. The first-order chi connectivity index (χ1) is 30.2. The van der Waals surface area contributed by atoms with Gasteiger partial charge in [0.05, 0.1) is 50.8 Å². The maximum absolute atomic E-state index is 14.2. The van der Waals surface area contributed by atoms with Gasteiger partial charge in [0, 0.05) is 38.1 Å². The zero-order valence-corrected chi connectivity index (χ0v) is 41.5. The molecule has 19 heteroatoms. The molecule has 336 valence electrons. The van der Waals surface area contributed by atoms with Crippen molar-refractivity contribution in [3.05, 3.63) is 141 Å². The van der Waals surface area contributed by atoms with Crippen LogP contribution in [0.3, 0.4) is 0 Å². The van der Waals surface area contributed by atoms with Crippen LogP contribution in [0.4, 0.5) is 31.5 Å². The van der Waals surface area contributed by atoms with Gasteiger partial charge in [-0.2, -0.15) is 0 Å². The molecule has 1 aliphatic rings. The number of carbonyl (C=O) groups excluding carboxylic acids is 2. The van der Waals surface area contributed by atoms with Crippen molar-refractivity contribution < 1.29 is 47.7 Å². The second kappa shape index (κ2) is 25.2. The highest BCUT2D eigenvalue weighted by molar-refractivity contribution is 14.1. The molecule has 1 fully saturated rings. The Morgan fingerprint density at radius 2 is 1.17 bits per heavy atom. The number of aliphatic hydroxyl groups is 2. The summed E-state index contributed by atoms with van der Waals surface area (Å²) in [6, 6.07) is 25.8. The van der Waals surface area contributed by atoms with Gasteiger partial charge in [-0.25, -0.2) is 19.7 Å². The second-order valence-electron chi connectivity index (χ2n) is 14.1. The number of nitrogens with zero attached hydrogens (tertiary/aromatic N) is 1. The van der Waals surface area contributed by atoms with Crippen molar-refractivity contribution in [2.45, 2.75) is 26.1 Å². The Bertz CT molecular complexity index is 2330. The minimum Gasteiger partial charge on any atom is -0.491 e. The van der Waals surface area contributed by atoms with Crippen LogP contribution in [-0.2, 0) is 14.4 Å². The van der Waals surface area contributed by atoms with E-state index in [1.165, 1.54) is 24.3 Å². The molecule has 6 rings (SSSR count). The van der Waals surface area contributed by atoms with Crippen LogP contribution >= 0.6 is 77.0 Å². The number of amides is 2. The molecule has 2 unspecified atom stereocenters. The number of carbonyl (C=O) groups is 2. The number of nitrogens with one attached hydrogen (secondary N) is 4. The molecule has 0 aromatic heterocycles. The van der Waals surface area contributed by atoms with Gasteiger partial charge in [-0.1, -0.05) is 18.2 Å². The SMILES string of the molecule is Cc1cc(I)ccc1Nc1cc(F)c(Br)cc1C(=O)NOCC(O)CN1CCOCC1.Cc1cc(I)ccc1Nc1cc(F)c(Br)cc1C(=O)NOCC(O)COc1ccccc1. The molecule has 0 saturated carbocycles. The number of halogens is 6. The Morgan fingerprint density at radius 1 is 0.698 bits per heavy atom. The number of hydroxylamine groups is 2. The molecule has 5 aromatic carbocycles. The third-order valence-electron chi connectivity index (χ3n) is 9.17. The molecule has 0 bridgehead atoms.